The summed E-state index contributed by atoms with van der Waals surface area (Å²) in [4.78, 5) is 5.44. The number of piperazine rings is 1. The number of hydrogen-bond donors (Lipinski definition) is 1. The van der Waals surface area contributed by atoms with Crippen LogP contribution < -0.4 is 5.32 Å². The van der Waals surface area contributed by atoms with Crippen molar-refractivity contribution in [2.24, 2.45) is 5.92 Å². The third kappa shape index (κ3) is 8.00. The van der Waals surface area contributed by atoms with Crippen LogP contribution in [0.3, 0.4) is 0 Å². The van der Waals surface area contributed by atoms with E-state index >= 15 is 0 Å². The van der Waals surface area contributed by atoms with E-state index < -0.39 is 0 Å². The van der Waals surface area contributed by atoms with Crippen LogP contribution in [0.5, 0.6) is 0 Å². The van der Waals surface area contributed by atoms with Crippen LogP contribution in [0.25, 0.3) is 0 Å². The molecule has 0 aromatic carbocycles. The maximum absolute atomic E-state index is 6.38. The molecule has 3 rings (SSSR count). The van der Waals surface area contributed by atoms with Gasteiger partial charge in [0, 0.05) is 32.2 Å². The number of hydrogen-bond acceptors (Lipinski definition) is 4. The summed E-state index contributed by atoms with van der Waals surface area (Å²) in [7, 11) is 0. The minimum Gasteiger partial charge on any atom is -0.375 e. The molecule has 0 amide bonds. The highest BCUT2D eigenvalue weighted by Gasteiger charge is 2.29. The maximum atomic E-state index is 6.38. The molecule has 1 atom stereocenters. The van der Waals surface area contributed by atoms with Crippen LogP contribution in [-0.2, 0) is 4.74 Å². The van der Waals surface area contributed by atoms with E-state index in [9.17, 15) is 0 Å². The Morgan fingerprint density at radius 3 is 2.22 bits per heavy atom. The first-order chi connectivity index (χ1) is 13.2. The lowest BCUT2D eigenvalue weighted by Crippen LogP contribution is -2.53. The number of nitrogens with one attached hydrogen (secondary N) is 1. The second-order valence-corrected chi connectivity index (χ2v) is 8.73. The van der Waals surface area contributed by atoms with Crippen molar-refractivity contribution in [1.29, 1.82) is 0 Å². The molecule has 1 saturated carbocycles. The van der Waals surface area contributed by atoms with Gasteiger partial charge in [0.15, 0.2) is 0 Å². The van der Waals surface area contributed by atoms with Crippen molar-refractivity contribution in [3.8, 4) is 0 Å². The molecule has 3 aliphatic rings. The van der Waals surface area contributed by atoms with E-state index in [4.69, 9.17) is 4.74 Å². The maximum Gasteiger partial charge on any atom is 0.0603 e. The minimum atomic E-state index is 0.527. The second kappa shape index (κ2) is 13.1. The van der Waals surface area contributed by atoms with Crippen molar-refractivity contribution in [3.05, 3.63) is 0 Å². The van der Waals surface area contributed by atoms with Crippen LogP contribution in [0.15, 0.2) is 0 Å². The summed E-state index contributed by atoms with van der Waals surface area (Å²) in [6, 6.07) is 0.731. The highest BCUT2D eigenvalue weighted by molar-refractivity contribution is 4.83. The molecule has 2 saturated heterocycles. The van der Waals surface area contributed by atoms with E-state index in [1.807, 2.05) is 13.8 Å². The lowest BCUT2D eigenvalue weighted by atomic mass is 9.86. The van der Waals surface area contributed by atoms with Gasteiger partial charge < -0.3 is 15.0 Å². The van der Waals surface area contributed by atoms with E-state index in [1.165, 1.54) is 84.1 Å². The zero-order valence-corrected chi connectivity index (χ0v) is 18.7. The van der Waals surface area contributed by atoms with Gasteiger partial charge in [0.25, 0.3) is 0 Å². The third-order valence-electron chi connectivity index (χ3n) is 6.63. The van der Waals surface area contributed by atoms with Gasteiger partial charge >= 0.3 is 0 Å². The smallest absolute Gasteiger partial charge is 0.0603 e. The van der Waals surface area contributed by atoms with Gasteiger partial charge in [-0.3, -0.25) is 4.90 Å². The van der Waals surface area contributed by atoms with E-state index in [0.717, 1.165) is 25.0 Å². The Labute approximate surface area is 169 Å². The zero-order chi connectivity index (χ0) is 19.5. The van der Waals surface area contributed by atoms with Crippen molar-refractivity contribution < 1.29 is 4.74 Å². The summed E-state index contributed by atoms with van der Waals surface area (Å²) in [5.74, 6) is 0.900. The molecular weight excluding hydrogens is 334 g/mol. The highest BCUT2D eigenvalue weighted by atomic mass is 16.5. The summed E-state index contributed by atoms with van der Waals surface area (Å²) in [6.07, 6.45) is 11.5. The lowest BCUT2D eigenvalue weighted by Gasteiger charge is -2.42. The van der Waals surface area contributed by atoms with Gasteiger partial charge in [-0.1, -0.05) is 27.2 Å². The topological polar surface area (TPSA) is 27.7 Å². The molecule has 3 fully saturated rings. The van der Waals surface area contributed by atoms with Crippen LogP contribution in [0, 0.1) is 5.92 Å². The molecule has 27 heavy (non-hydrogen) atoms. The minimum absolute atomic E-state index is 0.527. The molecule has 4 nitrogen and oxygen atoms in total. The van der Waals surface area contributed by atoms with Crippen molar-refractivity contribution in [2.45, 2.75) is 97.3 Å². The Hall–Kier alpha value is -0.160. The zero-order valence-electron chi connectivity index (χ0n) is 18.7. The Morgan fingerprint density at radius 2 is 1.59 bits per heavy atom. The average molecular weight is 382 g/mol. The average Bonchev–Trinajstić information content (AvgIpc) is 2.72. The molecule has 2 aliphatic heterocycles. The fourth-order valence-corrected chi connectivity index (χ4v) is 4.91. The van der Waals surface area contributed by atoms with Crippen LogP contribution in [-0.4, -0.2) is 73.9 Å². The second-order valence-electron chi connectivity index (χ2n) is 8.73. The number of unbranched alkanes of at least 4 members (excludes halogenated alkanes) is 1. The molecule has 1 aliphatic carbocycles. The fourth-order valence-electron chi connectivity index (χ4n) is 4.91. The van der Waals surface area contributed by atoms with Gasteiger partial charge in [-0.25, -0.2) is 0 Å². The Bertz CT molecular complexity index is 365. The summed E-state index contributed by atoms with van der Waals surface area (Å²) < 4.78 is 6.38. The van der Waals surface area contributed by atoms with E-state index in [0.29, 0.717) is 12.2 Å². The molecule has 0 radical (unpaired) electrons. The molecule has 160 valence electrons. The van der Waals surface area contributed by atoms with Crippen LogP contribution in [0.4, 0.5) is 0 Å². The van der Waals surface area contributed by atoms with Crippen molar-refractivity contribution in [2.75, 3.05) is 45.8 Å². The Morgan fingerprint density at radius 1 is 0.926 bits per heavy atom. The number of ether oxygens (including phenoxy) is 1. The number of piperidine rings is 1. The lowest BCUT2D eigenvalue weighted by molar-refractivity contribution is -0.0513. The van der Waals surface area contributed by atoms with Gasteiger partial charge in [-0.2, -0.15) is 0 Å². The van der Waals surface area contributed by atoms with Crippen molar-refractivity contribution in [3.63, 3.8) is 0 Å². The van der Waals surface area contributed by atoms with Gasteiger partial charge in [-0.15, -0.1) is 0 Å². The first-order valence-corrected chi connectivity index (χ1v) is 12.1. The van der Waals surface area contributed by atoms with E-state index in [-0.39, 0.29) is 0 Å². The molecule has 2 heterocycles. The Balaban J connectivity index is 0.00000126. The normalized spacial score (nSPS) is 31.3. The SMILES string of the molecule is CC.CCCCN1CCN(CC2CCC(OC3CCNCC3)CC2)C(C)C1. The van der Waals surface area contributed by atoms with E-state index in [2.05, 4.69) is 29.0 Å². The first-order valence-electron chi connectivity index (χ1n) is 12.1. The summed E-state index contributed by atoms with van der Waals surface area (Å²) in [5, 5.41) is 3.43. The fraction of sp³-hybridized carbons (Fsp3) is 1.00. The molecule has 0 spiro atoms. The molecule has 0 bridgehead atoms. The quantitative estimate of drug-likeness (QED) is 0.717. The third-order valence-corrected chi connectivity index (χ3v) is 6.63. The number of rotatable bonds is 7. The van der Waals surface area contributed by atoms with Gasteiger partial charge in [-0.05, 0) is 77.4 Å². The Kier molecular flexibility index (Phi) is 11.2. The summed E-state index contributed by atoms with van der Waals surface area (Å²) >= 11 is 0. The van der Waals surface area contributed by atoms with Crippen molar-refractivity contribution in [1.82, 2.24) is 15.1 Å². The van der Waals surface area contributed by atoms with Crippen molar-refractivity contribution >= 4 is 0 Å². The van der Waals surface area contributed by atoms with E-state index in [1.54, 1.807) is 0 Å². The summed E-state index contributed by atoms with van der Waals surface area (Å²) in [5.41, 5.74) is 0. The standard InChI is InChI=1S/C21H41N3O.C2H6/c1-3-4-13-23-14-15-24(18(2)16-23)17-19-5-7-20(8-6-19)25-21-9-11-22-12-10-21;1-2/h18-22H,3-17H2,1-2H3;1-2H3. The summed E-state index contributed by atoms with van der Waals surface area (Å²) in [6.45, 7) is 17.5. The molecule has 0 aromatic rings. The van der Waals surface area contributed by atoms with Gasteiger partial charge in [0.05, 0.1) is 12.2 Å². The van der Waals surface area contributed by atoms with Crippen LogP contribution >= 0.6 is 0 Å². The molecule has 1 N–H and O–H groups in total. The largest absolute Gasteiger partial charge is 0.375 e. The molecule has 1 unspecified atom stereocenters. The molecule has 4 heteroatoms. The predicted octanol–water partition coefficient (Wildman–Crippen LogP) is 4.15. The molecule has 0 aromatic heterocycles. The van der Waals surface area contributed by atoms with Crippen LogP contribution in [0.1, 0.15) is 79.1 Å². The predicted molar refractivity (Wildman–Crippen MR) is 116 cm³/mol. The monoisotopic (exact) mass is 381 g/mol. The van der Waals surface area contributed by atoms with Gasteiger partial charge in [0.1, 0.15) is 0 Å². The molecular formula is C23H47N3O. The highest BCUT2D eigenvalue weighted by Crippen LogP contribution is 2.29. The van der Waals surface area contributed by atoms with Crippen LogP contribution in [0.2, 0.25) is 0 Å². The number of nitrogens with zero attached hydrogens (tertiary/aromatic N) is 2. The van der Waals surface area contributed by atoms with Gasteiger partial charge in [0.2, 0.25) is 0 Å². The first kappa shape index (κ1) is 23.1.